The van der Waals surface area contributed by atoms with Gasteiger partial charge in [0, 0.05) is 30.6 Å². The molecule has 1 aliphatic rings. The Kier molecular flexibility index (Phi) is 6.71. The first-order chi connectivity index (χ1) is 14.3. The summed E-state index contributed by atoms with van der Waals surface area (Å²) in [6.45, 7) is 1.11. The molecule has 0 radical (unpaired) electrons. The predicted octanol–water partition coefficient (Wildman–Crippen LogP) is 3.68. The molecule has 0 unspecified atom stereocenters. The summed E-state index contributed by atoms with van der Waals surface area (Å²) >= 11 is 6.16. The summed E-state index contributed by atoms with van der Waals surface area (Å²) in [6, 6.07) is 6.86. The van der Waals surface area contributed by atoms with Crippen LogP contribution in [0.5, 0.6) is 11.5 Å². The fourth-order valence-corrected chi connectivity index (χ4v) is 2.99. The Hall–Kier alpha value is -2.94. The van der Waals surface area contributed by atoms with Crippen LogP contribution in [0.25, 0.3) is 0 Å². The molecule has 30 heavy (non-hydrogen) atoms. The van der Waals surface area contributed by atoms with Gasteiger partial charge in [0.25, 0.3) is 11.8 Å². The van der Waals surface area contributed by atoms with E-state index in [9.17, 15) is 22.8 Å². The van der Waals surface area contributed by atoms with Gasteiger partial charge in [-0.05, 0) is 36.4 Å². The van der Waals surface area contributed by atoms with Crippen LogP contribution in [0.1, 0.15) is 32.7 Å². The number of alkyl halides is 3. The highest BCUT2D eigenvalue weighted by atomic mass is 35.5. The predicted molar refractivity (Wildman–Crippen MR) is 103 cm³/mol. The van der Waals surface area contributed by atoms with Crippen molar-refractivity contribution in [3.8, 4) is 11.5 Å². The highest BCUT2D eigenvalue weighted by Gasteiger charge is 2.30. The van der Waals surface area contributed by atoms with Crippen LogP contribution < -0.4 is 20.1 Å². The molecule has 0 saturated carbocycles. The fourth-order valence-electron chi connectivity index (χ4n) is 2.73. The van der Waals surface area contributed by atoms with Gasteiger partial charge in [-0.2, -0.15) is 13.2 Å². The molecule has 1 aliphatic heterocycles. The van der Waals surface area contributed by atoms with E-state index in [1.54, 1.807) is 0 Å². The number of ether oxygens (including phenoxy) is 2. The molecule has 2 aromatic carbocycles. The number of hydrogen-bond donors (Lipinski definition) is 2. The Labute approximate surface area is 175 Å². The molecule has 10 heteroatoms. The molecule has 1 heterocycles. The van der Waals surface area contributed by atoms with Gasteiger partial charge in [0.2, 0.25) is 0 Å². The lowest BCUT2D eigenvalue weighted by Gasteiger charge is -2.12. The molecule has 6 nitrogen and oxygen atoms in total. The number of nitrogens with one attached hydrogen (secondary N) is 2. The number of rotatable bonds is 5. The summed E-state index contributed by atoms with van der Waals surface area (Å²) in [7, 11) is 0. The lowest BCUT2D eigenvalue weighted by Crippen LogP contribution is -2.34. The Bertz CT molecular complexity index is 933. The normalized spacial score (nSPS) is 13.3. The summed E-state index contributed by atoms with van der Waals surface area (Å²) in [6.07, 6.45) is -3.76. The summed E-state index contributed by atoms with van der Waals surface area (Å²) in [5.41, 5.74) is -0.470. The summed E-state index contributed by atoms with van der Waals surface area (Å²) in [5.74, 6) is -0.178. The average Bonchev–Trinajstić information content (AvgIpc) is 2.96. The van der Waals surface area contributed by atoms with Crippen LogP contribution in [-0.4, -0.2) is 38.1 Å². The van der Waals surface area contributed by atoms with Gasteiger partial charge < -0.3 is 20.1 Å². The Balaban J connectivity index is 1.51. The number of amides is 2. The first-order valence-electron chi connectivity index (χ1n) is 9.08. The molecule has 2 aromatic rings. The van der Waals surface area contributed by atoms with Gasteiger partial charge in [-0.15, -0.1) is 0 Å². The smallest absolute Gasteiger partial charge is 0.416 e. The number of halogens is 4. The molecule has 3 rings (SSSR count). The molecule has 0 aromatic heterocycles. The summed E-state index contributed by atoms with van der Waals surface area (Å²) < 4.78 is 48.7. The van der Waals surface area contributed by atoms with Crippen molar-refractivity contribution in [2.45, 2.75) is 12.6 Å². The van der Waals surface area contributed by atoms with E-state index in [0.29, 0.717) is 31.1 Å². The minimum absolute atomic E-state index is 0.0870. The number of carbonyl (C=O) groups excluding carboxylic acids is 2. The molecular weight excluding hydrogens is 425 g/mol. The van der Waals surface area contributed by atoms with Crippen LogP contribution in [0.15, 0.2) is 36.4 Å². The third-order valence-electron chi connectivity index (χ3n) is 4.23. The second-order valence-corrected chi connectivity index (χ2v) is 6.83. The SMILES string of the molecule is O=C(NCCNC(=O)c1cc(Cl)c2c(c1)OCCCO2)c1ccc(C(F)(F)F)cc1. The molecule has 0 aliphatic carbocycles. The topological polar surface area (TPSA) is 76.7 Å². The Morgan fingerprint density at radius 3 is 2.17 bits per heavy atom. The number of hydrogen-bond acceptors (Lipinski definition) is 4. The maximum absolute atomic E-state index is 12.6. The maximum atomic E-state index is 12.6. The highest BCUT2D eigenvalue weighted by molar-refractivity contribution is 6.32. The zero-order valence-corrected chi connectivity index (χ0v) is 16.4. The van der Waals surface area contributed by atoms with Gasteiger partial charge >= 0.3 is 6.18 Å². The third kappa shape index (κ3) is 5.35. The van der Waals surface area contributed by atoms with Crippen LogP contribution in [0, 0.1) is 0 Å². The van der Waals surface area contributed by atoms with Gasteiger partial charge in [0.1, 0.15) is 0 Å². The number of fused-ring (bicyclic) bond motifs is 1. The van der Waals surface area contributed by atoms with E-state index in [0.717, 1.165) is 24.3 Å². The first-order valence-corrected chi connectivity index (χ1v) is 9.46. The van der Waals surface area contributed by atoms with Crippen molar-refractivity contribution in [1.82, 2.24) is 10.6 Å². The fraction of sp³-hybridized carbons (Fsp3) is 0.300. The quantitative estimate of drug-likeness (QED) is 0.693. The first kappa shape index (κ1) is 21.8. The van der Waals surface area contributed by atoms with E-state index in [2.05, 4.69) is 10.6 Å². The van der Waals surface area contributed by atoms with Crippen molar-refractivity contribution in [2.75, 3.05) is 26.3 Å². The van der Waals surface area contributed by atoms with Crippen LogP contribution in [-0.2, 0) is 6.18 Å². The van der Waals surface area contributed by atoms with Gasteiger partial charge in [-0.1, -0.05) is 11.6 Å². The summed E-state index contributed by atoms with van der Waals surface area (Å²) in [4.78, 5) is 24.3. The number of carbonyl (C=O) groups is 2. The van der Waals surface area contributed by atoms with Gasteiger partial charge in [0.15, 0.2) is 11.5 Å². The van der Waals surface area contributed by atoms with E-state index >= 15 is 0 Å². The molecular formula is C20H18ClF3N2O4. The standard InChI is InChI=1S/C20H18ClF3N2O4/c21-15-10-13(11-16-17(15)30-9-1-8-29-16)19(28)26-7-6-25-18(27)12-2-4-14(5-3-12)20(22,23)24/h2-5,10-11H,1,6-9H2,(H,25,27)(H,26,28). The lowest BCUT2D eigenvalue weighted by atomic mass is 10.1. The van der Waals surface area contributed by atoms with E-state index in [-0.39, 0.29) is 29.2 Å². The van der Waals surface area contributed by atoms with Crippen LogP contribution in [0.3, 0.4) is 0 Å². The molecule has 2 amide bonds. The van der Waals surface area contributed by atoms with Crippen LogP contribution >= 0.6 is 11.6 Å². The summed E-state index contributed by atoms with van der Waals surface area (Å²) in [5, 5.41) is 5.41. The van der Waals surface area contributed by atoms with Crippen molar-refractivity contribution >= 4 is 23.4 Å². The Morgan fingerprint density at radius 2 is 1.53 bits per heavy atom. The van der Waals surface area contributed by atoms with E-state index < -0.39 is 23.6 Å². The monoisotopic (exact) mass is 442 g/mol. The average molecular weight is 443 g/mol. The molecule has 160 valence electrons. The molecule has 2 N–H and O–H groups in total. The Morgan fingerprint density at radius 1 is 0.933 bits per heavy atom. The highest BCUT2D eigenvalue weighted by Crippen LogP contribution is 2.38. The van der Waals surface area contributed by atoms with Crippen molar-refractivity contribution in [3.63, 3.8) is 0 Å². The van der Waals surface area contributed by atoms with Gasteiger partial charge in [-0.3, -0.25) is 9.59 Å². The minimum Gasteiger partial charge on any atom is -0.489 e. The molecule has 0 spiro atoms. The third-order valence-corrected chi connectivity index (χ3v) is 4.52. The van der Waals surface area contributed by atoms with Crippen LogP contribution in [0.4, 0.5) is 13.2 Å². The van der Waals surface area contributed by atoms with E-state index in [4.69, 9.17) is 21.1 Å². The molecule has 0 atom stereocenters. The van der Waals surface area contributed by atoms with E-state index in [1.807, 2.05) is 0 Å². The zero-order valence-electron chi connectivity index (χ0n) is 15.6. The van der Waals surface area contributed by atoms with Gasteiger partial charge in [-0.25, -0.2) is 0 Å². The van der Waals surface area contributed by atoms with Crippen molar-refractivity contribution in [3.05, 3.63) is 58.1 Å². The molecule has 0 saturated heterocycles. The van der Waals surface area contributed by atoms with Crippen molar-refractivity contribution in [2.24, 2.45) is 0 Å². The lowest BCUT2D eigenvalue weighted by molar-refractivity contribution is -0.137. The zero-order chi connectivity index (χ0) is 21.7. The van der Waals surface area contributed by atoms with Gasteiger partial charge in [0.05, 0.1) is 23.8 Å². The minimum atomic E-state index is -4.46. The second kappa shape index (κ2) is 9.25. The van der Waals surface area contributed by atoms with Crippen molar-refractivity contribution in [1.29, 1.82) is 0 Å². The number of benzene rings is 2. The molecule has 0 fully saturated rings. The largest absolute Gasteiger partial charge is 0.489 e. The van der Waals surface area contributed by atoms with Crippen molar-refractivity contribution < 1.29 is 32.2 Å². The molecule has 0 bridgehead atoms. The maximum Gasteiger partial charge on any atom is 0.416 e. The second-order valence-electron chi connectivity index (χ2n) is 6.42. The van der Waals surface area contributed by atoms with Crippen LogP contribution in [0.2, 0.25) is 5.02 Å². The van der Waals surface area contributed by atoms with E-state index in [1.165, 1.54) is 12.1 Å².